The molecule has 0 spiro atoms. The summed E-state index contributed by atoms with van der Waals surface area (Å²) in [5.74, 6) is 7.27. The molecule has 116 valence electrons. The summed E-state index contributed by atoms with van der Waals surface area (Å²) >= 11 is 0. The van der Waals surface area contributed by atoms with Crippen LogP contribution in [0, 0.1) is 0 Å². The lowest BCUT2D eigenvalue weighted by Gasteiger charge is -2.37. The van der Waals surface area contributed by atoms with Crippen LogP contribution >= 0.6 is 0 Å². The first-order valence-corrected chi connectivity index (χ1v) is 7.37. The Labute approximate surface area is 130 Å². The van der Waals surface area contributed by atoms with Crippen molar-refractivity contribution in [2.75, 3.05) is 48.5 Å². The SMILES string of the molecule is COc1ccccc1N1CCN(c2ccc(NN)cn2)CC1. The summed E-state index contributed by atoms with van der Waals surface area (Å²) < 4.78 is 5.45. The van der Waals surface area contributed by atoms with Crippen LogP contribution in [0.15, 0.2) is 42.6 Å². The lowest BCUT2D eigenvalue weighted by molar-refractivity contribution is 0.413. The molecule has 0 aliphatic carbocycles. The first kappa shape index (κ1) is 14.5. The van der Waals surface area contributed by atoms with E-state index in [1.165, 1.54) is 0 Å². The zero-order chi connectivity index (χ0) is 15.4. The molecule has 1 saturated heterocycles. The molecule has 0 atom stereocenters. The molecular formula is C16H21N5O. The molecule has 0 bridgehead atoms. The van der Waals surface area contributed by atoms with E-state index in [9.17, 15) is 0 Å². The van der Waals surface area contributed by atoms with Crippen molar-refractivity contribution < 1.29 is 4.74 Å². The summed E-state index contributed by atoms with van der Waals surface area (Å²) in [5.41, 5.74) is 4.56. The van der Waals surface area contributed by atoms with E-state index in [1.54, 1.807) is 13.3 Å². The van der Waals surface area contributed by atoms with Gasteiger partial charge in [-0.2, -0.15) is 0 Å². The first-order valence-electron chi connectivity index (χ1n) is 7.37. The molecule has 1 aromatic heterocycles. The van der Waals surface area contributed by atoms with E-state index in [0.29, 0.717) is 0 Å². The topological polar surface area (TPSA) is 66.7 Å². The third kappa shape index (κ3) is 2.92. The Balaban J connectivity index is 1.67. The minimum absolute atomic E-state index is 0.816. The number of nitrogens with two attached hydrogens (primary N) is 1. The number of piperazine rings is 1. The predicted molar refractivity (Wildman–Crippen MR) is 89.5 cm³/mol. The summed E-state index contributed by atoms with van der Waals surface area (Å²) in [6, 6.07) is 12.1. The van der Waals surface area contributed by atoms with Gasteiger partial charge in [0.2, 0.25) is 0 Å². The number of anilines is 3. The normalized spacial score (nSPS) is 14.8. The average Bonchev–Trinajstić information content (AvgIpc) is 2.62. The van der Waals surface area contributed by atoms with Crippen molar-refractivity contribution in [1.82, 2.24) is 4.98 Å². The van der Waals surface area contributed by atoms with Crippen molar-refractivity contribution in [2.45, 2.75) is 0 Å². The lowest BCUT2D eigenvalue weighted by Crippen LogP contribution is -2.46. The van der Waals surface area contributed by atoms with Gasteiger partial charge in [-0.1, -0.05) is 12.1 Å². The summed E-state index contributed by atoms with van der Waals surface area (Å²) in [6.45, 7) is 3.75. The molecule has 2 aromatic rings. The molecule has 22 heavy (non-hydrogen) atoms. The molecule has 0 unspecified atom stereocenters. The van der Waals surface area contributed by atoms with Gasteiger partial charge >= 0.3 is 0 Å². The molecule has 1 aliphatic heterocycles. The van der Waals surface area contributed by atoms with Gasteiger partial charge in [-0.3, -0.25) is 5.84 Å². The number of pyridine rings is 1. The average molecular weight is 299 g/mol. The fourth-order valence-corrected chi connectivity index (χ4v) is 2.73. The smallest absolute Gasteiger partial charge is 0.142 e. The summed E-state index contributed by atoms with van der Waals surface area (Å²) in [4.78, 5) is 9.08. The number of methoxy groups -OCH3 is 1. The number of nitrogens with one attached hydrogen (secondary N) is 1. The maximum Gasteiger partial charge on any atom is 0.142 e. The predicted octanol–water partition coefficient (Wildman–Crippen LogP) is 1.70. The van der Waals surface area contributed by atoms with Gasteiger partial charge in [0.1, 0.15) is 11.6 Å². The largest absolute Gasteiger partial charge is 0.495 e. The van der Waals surface area contributed by atoms with Crippen LogP contribution in [0.4, 0.5) is 17.2 Å². The highest BCUT2D eigenvalue weighted by molar-refractivity contribution is 5.59. The second kappa shape index (κ2) is 6.53. The van der Waals surface area contributed by atoms with Crippen molar-refractivity contribution in [3.05, 3.63) is 42.6 Å². The number of para-hydroxylation sites is 2. The highest BCUT2D eigenvalue weighted by Crippen LogP contribution is 2.29. The fraction of sp³-hybridized carbons (Fsp3) is 0.312. The van der Waals surface area contributed by atoms with Crippen molar-refractivity contribution in [2.24, 2.45) is 5.84 Å². The molecular weight excluding hydrogens is 278 g/mol. The molecule has 6 nitrogen and oxygen atoms in total. The van der Waals surface area contributed by atoms with Gasteiger partial charge in [0.05, 0.1) is 24.7 Å². The number of hydrazine groups is 1. The maximum atomic E-state index is 5.45. The molecule has 1 aromatic carbocycles. The van der Waals surface area contributed by atoms with Gasteiger partial charge < -0.3 is 20.0 Å². The van der Waals surface area contributed by atoms with E-state index in [2.05, 4.69) is 26.3 Å². The van der Waals surface area contributed by atoms with Crippen molar-refractivity contribution in [3.63, 3.8) is 0 Å². The Morgan fingerprint density at radius 1 is 1.05 bits per heavy atom. The molecule has 2 heterocycles. The maximum absolute atomic E-state index is 5.45. The minimum Gasteiger partial charge on any atom is -0.495 e. The number of nitrogens with zero attached hydrogens (tertiary/aromatic N) is 3. The van der Waals surface area contributed by atoms with Crippen LogP contribution in [0.25, 0.3) is 0 Å². The van der Waals surface area contributed by atoms with Crippen molar-refractivity contribution in [1.29, 1.82) is 0 Å². The van der Waals surface area contributed by atoms with Crippen LogP contribution in [-0.4, -0.2) is 38.3 Å². The number of rotatable bonds is 4. The highest BCUT2D eigenvalue weighted by Gasteiger charge is 2.20. The van der Waals surface area contributed by atoms with E-state index in [4.69, 9.17) is 10.6 Å². The monoisotopic (exact) mass is 299 g/mol. The van der Waals surface area contributed by atoms with Crippen LogP contribution in [0.3, 0.4) is 0 Å². The van der Waals surface area contributed by atoms with E-state index < -0.39 is 0 Å². The van der Waals surface area contributed by atoms with Crippen molar-refractivity contribution >= 4 is 17.2 Å². The second-order valence-corrected chi connectivity index (χ2v) is 5.20. The standard InChI is InChI=1S/C16H21N5O/c1-22-15-5-3-2-4-14(15)20-8-10-21(11-9-20)16-7-6-13(19-17)12-18-16/h2-7,12,19H,8-11,17H2,1H3. The Bertz CT molecular complexity index is 608. The lowest BCUT2D eigenvalue weighted by atomic mass is 10.2. The quantitative estimate of drug-likeness (QED) is 0.662. The van der Waals surface area contributed by atoms with Gasteiger partial charge in [0.15, 0.2) is 0 Å². The zero-order valence-corrected chi connectivity index (χ0v) is 12.7. The van der Waals surface area contributed by atoms with Gasteiger partial charge in [0, 0.05) is 26.2 Å². The highest BCUT2D eigenvalue weighted by atomic mass is 16.5. The first-order chi connectivity index (χ1) is 10.8. The van der Waals surface area contributed by atoms with Crippen LogP contribution in [0.1, 0.15) is 0 Å². The molecule has 0 radical (unpaired) electrons. The third-order valence-electron chi connectivity index (χ3n) is 3.94. The van der Waals surface area contributed by atoms with Crippen LogP contribution < -0.4 is 25.8 Å². The van der Waals surface area contributed by atoms with Crippen LogP contribution in [0.5, 0.6) is 5.75 Å². The number of nitrogen functional groups attached to an aromatic ring is 1. The van der Waals surface area contributed by atoms with Gasteiger partial charge in [-0.25, -0.2) is 4.98 Å². The molecule has 3 rings (SSSR count). The summed E-state index contributed by atoms with van der Waals surface area (Å²) in [6.07, 6.45) is 1.75. The molecule has 1 fully saturated rings. The van der Waals surface area contributed by atoms with E-state index in [1.807, 2.05) is 30.3 Å². The number of hydrogen-bond donors (Lipinski definition) is 2. The van der Waals surface area contributed by atoms with Crippen molar-refractivity contribution in [3.8, 4) is 5.75 Å². The molecule has 1 aliphatic rings. The van der Waals surface area contributed by atoms with Gasteiger partial charge in [-0.15, -0.1) is 0 Å². The Hall–Kier alpha value is -2.47. The molecule has 0 amide bonds. The van der Waals surface area contributed by atoms with Crippen LogP contribution in [0.2, 0.25) is 0 Å². The second-order valence-electron chi connectivity index (χ2n) is 5.20. The summed E-state index contributed by atoms with van der Waals surface area (Å²) in [5, 5.41) is 0. The third-order valence-corrected chi connectivity index (χ3v) is 3.94. The van der Waals surface area contributed by atoms with E-state index in [0.717, 1.165) is 49.1 Å². The number of ether oxygens (including phenoxy) is 1. The molecule has 3 N–H and O–H groups in total. The zero-order valence-electron chi connectivity index (χ0n) is 12.7. The molecule has 6 heteroatoms. The number of hydrogen-bond acceptors (Lipinski definition) is 6. The Kier molecular flexibility index (Phi) is 4.29. The van der Waals surface area contributed by atoms with E-state index in [-0.39, 0.29) is 0 Å². The van der Waals surface area contributed by atoms with Gasteiger partial charge in [0.25, 0.3) is 0 Å². The molecule has 0 saturated carbocycles. The number of aromatic nitrogens is 1. The Morgan fingerprint density at radius 2 is 1.77 bits per heavy atom. The number of benzene rings is 1. The summed E-state index contributed by atoms with van der Waals surface area (Å²) in [7, 11) is 1.71. The van der Waals surface area contributed by atoms with E-state index >= 15 is 0 Å². The Morgan fingerprint density at radius 3 is 2.41 bits per heavy atom. The fourth-order valence-electron chi connectivity index (χ4n) is 2.73. The van der Waals surface area contributed by atoms with Gasteiger partial charge in [-0.05, 0) is 24.3 Å². The minimum atomic E-state index is 0.816. The van der Waals surface area contributed by atoms with Crippen LogP contribution in [-0.2, 0) is 0 Å².